The van der Waals surface area contributed by atoms with Gasteiger partial charge in [0.25, 0.3) is 0 Å². The third-order valence-corrected chi connectivity index (χ3v) is 4.10. The first kappa shape index (κ1) is 12.9. The zero-order valence-corrected chi connectivity index (χ0v) is 12.6. The molecule has 0 saturated heterocycles. The highest BCUT2D eigenvalue weighted by Crippen LogP contribution is 2.28. The number of anilines is 2. The molecule has 1 N–H and O–H groups in total. The van der Waals surface area contributed by atoms with Gasteiger partial charge < -0.3 is 5.32 Å². The molecule has 0 bridgehead atoms. The van der Waals surface area contributed by atoms with Crippen molar-refractivity contribution >= 4 is 33.2 Å². The number of aryl methyl sites for hydroxylation is 1. The number of aromatic nitrogens is 5. The summed E-state index contributed by atoms with van der Waals surface area (Å²) in [6.07, 6.45) is 3.31. The molecule has 22 heavy (non-hydrogen) atoms. The maximum Gasteiger partial charge on any atom is 0.155 e. The second-order valence-corrected chi connectivity index (χ2v) is 5.67. The summed E-state index contributed by atoms with van der Waals surface area (Å²) in [5, 5.41) is 9.84. The first-order valence-corrected chi connectivity index (χ1v) is 7.62. The van der Waals surface area contributed by atoms with Crippen LogP contribution in [0.2, 0.25) is 0 Å². The second kappa shape index (κ2) is 5.19. The lowest BCUT2D eigenvalue weighted by Crippen LogP contribution is -2.05. The van der Waals surface area contributed by atoms with Gasteiger partial charge in [0, 0.05) is 12.3 Å². The van der Waals surface area contributed by atoms with Crippen LogP contribution in [0.1, 0.15) is 5.69 Å². The number of hydrogen-bond donors (Lipinski definition) is 1. The van der Waals surface area contributed by atoms with E-state index in [1.165, 1.54) is 0 Å². The molecule has 7 heteroatoms. The number of nitrogens with zero attached hydrogens (tertiary/aromatic N) is 5. The van der Waals surface area contributed by atoms with E-state index in [0.29, 0.717) is 0 Å². The minimum Gasteiger partial charge on any atom is -0.323 e. The van der Waals surface area contributed by atoms with E-state index in [-0.39, 0.29) is 0 Å². The Balaban J connectivity index is 1.79. The largest absolute Gasteiger partial charge is 0.323 e. The Morgan fingerprint density at radius 1 is 1.14 bits per heavy atom. The van der Waals surface area contributed by atoms with Crippen molar-refractivity contribution < 1.29 is 0 Å². The van der Waals surface area contributed by atoms with Crippen LogP contribution >= 0.6 is 11.3 Å². The van der Waals surface area contributed by atoms with E-state index in [2.05, 4.69) is 25.4 Å². The fourth-order valence-corrected chi connectivity index (χ4v) is 3.03. The molecule has 0 aliphatic carbocycles. The van der Waals surface area contributed by atoms with Crippen molar-refractivity contribution in [1.82, 2.24) is 24.7 Å². The molecule has 0 aromatic carbocycles. The molecule has 4 rings (SSSR count). The van der Waals surface area contributed by atoms with Crippen LogP contribution in [0.15, 0.2) is 48.2 Å². The van der Waals surface area contributed by atoms with Gasteiger partial charge in [0.15, 0.2) is 11.6 Å². The Hall–Kier alpha value is -2.80. The van der Waals surface area contributed by atoms with Crippen LogP contribution in [0, 0.1) is 6.92 Å². The maximum atomic E-state index is 4.50. The summed E-state index contributed by atoms with van der Waals surface area (Å²) in [7, 11) is 0. The zero-order valence-electron chi connectivity index (χ0n) is 11.8. The van der Waals surface area contributed by atoms with Crippen molar-refractivity contribution in [2.45, 2.75) is 6.92 Å². The van der Waals surface area contributed by atoms with E-state index in [9.17, 15) is 0 Å². The number of fused-ring (bicyclic) bond motifs is 1. The summed E-state index contributed by atoms with van der Waals surface area (Å²) < 4.78 is 2.80. The van der Waals surface area contributed by atoms with Gasteiger partial charge in [-0.15, -0.1) is 11.3 Å². The molecule has 0 spiro atoms. The molecular formula is C15H12N6S. The molecule has 4 aromatic heterocycles. The van der Waals surface area contributed by atoms with Crippen LogP contribution in [0.25, 0.3) is 16.0 Å². The molecule has 108 valence electrons. The van der Waals surface area contributed by atoms with Gasteiger partial charge in [-0.1, -0.05) is 6.07 Å². The highest BCUT2D eigenvalue weighted by molar-refractivity contribution is 7.17. The molecule has 0 atom stereocenters. The van der Waals surface area contributed by atoms with Gasteiger partial charge in [-0.25, -0.2) is 15.0 Å². The van der Waals surface area contributed by atoms with Crippen LogP contribution in [0.4, 0.5) is 11.6 Å². The average Bonchev–Trinajstić information content (AvgIpc) is 3.15. The average molecular weight is 308 g/mol. The van der Waals surface area contributed by atoms with E-state index in [4.69, 9.17) is 0 Å². The highest BCUT2D eigenvalue weighted by atomic mass is 32.1. The van der Waals surface area contributed by atoms with Gasteiger partial charge in [0.05, 0.1) is 15.9 Å². The van der Waals surface area contributed by atoms with Crippen LogP contribution in [-0.4, -0.2) is 24.7 Å². The Morgan fingerprint density at radius 3 is 2.95 bits per heavy atom. The molecule has 4 aromatic rings. The maximum absolute atomic E-state index is 4.50. The van der Waals surface area contributed by atoms with E-state index in [1.807, 2.05) is 42.6 Å². The predicted molar refractivity (Wildman–Crippen MR) is 86.8 cm³/mol. The molecule has 0 fully saturated rings. The van der Waals surface area contributed by atoms with Crippen LogP contribution < -0.4 is 5.32 Å². The first-order chi connectivity index (χ1) is 10.8. The minimum atomic E-state index is 0.759. The Kier molecular flexibility index (Phi) is 3.05. The molecule has 0 aliphatic rings. The van der Waals surface area contributed by atoms with Crippen molar-refractivity contribution in [2.75, 3.05) is 5.32 Å². The van der Waals surface area contributed by atoms with Crippen LogP contribution in [0.5, 0.6) is 0 Å². The lowest BCUT2D eigenvalue weighted by molar-refractivity contribution is 0.839. The third-order valence-electron chi connectivity index (χ3n) is 3.19. The fraction of sp³-hybridized carbons (Fsp3) is 0.0667. The Bertz CT molecular complexity index is 928. The topological polar surface area (TPSA) is 68.5 Å². The number of rotatable bonds is 3. The van der Waals surface area contributed by atoms with Crippen molar-refractivity contribution in [3.05, 3.63) is 53.9 Å². The van der Waals surface area contributed by atoms with E-state index in [1.54, 1.807) is 28.5 Å². The van der Waals surface area contributed by atoms with Crippen LogP contribution in [0.3, 0.4) is 0 Å². The number of nitrogens with one attached hydrogen (secondary N) is 1. The Morgan fingerprint density at radius 2 is 2.09 bits per heavy atom. The molecule has 0 unspecified atom stereocenters. The van der Waals surface area contributed by atoms with Crippen molar-refractivity contribution in [3.63, 3.8) is 0 Å². The standard InChI is InChI=1S/C15H12N6S/c1-10-8-13(21(20-10)12-4-2-3-6-16-12)19-15-14-11(5-7-22-14)17-9-18-15/h2-9H,1H3,(H,17,18,19). The molecule has 0 amide bonds. The monoisotopic (exact) mass is 308 g/mol. The van der Waals surface area contributed by atoms with Gasteiger partial charge in [0.1, 0.15) is 12.1 Å². The smallest absolute Gasteiger partial charge is 0.155 e. The van der Waals surface area contributed by atoms with Gasteiger partial charge in [-0.2, -0.15) is 9.78 Å². The predicted octanol–water partition coefficient (Wildman–Crippen LogP) is 3.32. The molecule has 6 nitrogen and oxygen atoms in total. The van der Waals surface area contributed by atoms with Crippen molar-refractivity contribution in [3.8, 4) is 5.82 Å². The van der Waals surface area contributed by atoms with Crippen LogP contribution in [-0.2, 0) is 0 Å². The molecular weight excluding hydrogens is 296 g/mol. The first-order valence-electron chi connectivity index (χ1n) is 6.74. The lowest BCUT2D eigenvalue weighted by Gasteiger charge is -2.08. The number of thiophene rings is 1. The summed E-state index contributed by atoms with van der Waals surface area (Å²) in [5.74, 6) is 2.36. The summed E-state index contributed by atoms with van der Waals surface area (Å²) in [6.45, 7) is 1.95. The van der Waals surface area contributed by atoms with Gasteiger partial charge >= 0.3 is 0 Å². The minimum absolute atomic E-state index is 0.759. The normalized spacial score (nSPS) is 11.0. The molecule has 0 aliphatic heterocycles. The Labute approximate surface area is 130 Å². The summed E-state index contributed by atoms with van der Waals surface area (Å²) >= 11 is 1.61. The number of pyridine rings is 1. The third kappa shape index (κ3) is 2.21. The van der Waals surface area contributed by atoms with Crippen molar-refractivity contribution in [2.24, 2.45) is 0 Å². The lowest BCUT2D eigenvalue weighted by atomic mass is 10.4. The summed E-state index contributed by atoms with van der Waals surface area (Å²) in [6, 6.07) is 9.68. The van der Waals surface area contributed by atoms with Gasteiger partial charge in [-0.3, -0.25) is 0 Å². The van der Waals surface area contributed by atoms with E-state index >= 15 is 0 Å². The summed E-state index contributed by atoms with van der Waals surface area (Å²) in [4.78, 5) is 12.9. The van der Waals surface area contributed by atoms with E-state index in [0.717, 1.165) is 33.4 Å². The zero-order chi connectivity index (χ0) is 14.9. The number of hydrogen-bond acceptors (Lipinski definition) is 6. The van der Waals surface area contributed by atoms with Gasteiger partial charge in [0.2, 0.25) is 0 Å². The van der Waals surface area contributed by atoms with Gasteiger partial charge in [-0.05, 0) is 30.5 Å². The molecule has 4 heterocycles. The molecule has 0 saturated carbocycles. The summed E-state index contributed by atoms with van der Waals surface area (Å²) in [5.41, 5.74) is 1.84. The van der Waals surface area contributed by atoms with E-state index < -0.39 is 0 Å². The van der Waals surface area contributed by atoms with Crippen molar-refractivity contribution in [1.29, 1.82) is 0 Å². The SMILES string of the molecule is Cc1cc(Nc2ncnc3ccsc23)n(-c2ccccn2)n1. The highest BCUT2D eigenvalue weighted by Gasteiger charge is 2.11. The second-order valence-electron chi connectivity index (χ2n) is 4.75. The molecule has 0 radical (unpaired) electrons. The fourth-order valence-electron chi connectivity index (χ4n) is 2.24. The quantitative estimate of drug-likeness (QED) is 0.629.